The maximum absolute atomic E-state index is 11.4. The molecule has 98 valence electrons. The Hall–Kier alpha value is -1.46. The number of hydrogen-bond acceptors (Lipinski definition) is 5. The van der Waals surface area contributed by atoms with Gasteiger partial charge in [0.05, 0.1) is 7.11 Å². The zero-order valence-corrected chi connectivity index (χ0v) is 10.9. The summed E-state index contributed by atoms with van der Waals surface area (Å²) in [4.78, 5) is 22.3. The van der Waals surface area contributed by atoms with Crippen LogP contribution in [-0.4, -0.2) is 36.2 Å². The molecule has 0 amide bonds. The highest BCUT2D eigenvalue weighted by Gasteiger charge is 2.25. The second kappa shape index (κ2) is 6.98. The Balaban J connectivity index is 4.84. The van der Waals surface area contributed by atoms with Crippen LogP contribution in [0.2, 0.25) is 0 Å². The molecule has 0 spiro atoms. The summed E-state index contributed by atoms with van der Waals surface area (Å²) < 4.78 is 4.59. The monoisotopic (exact) mass is 244 g/mol. The van der Waals surface area contributed by atoms with Gasteiger partial charge >= 0.3 is 11.9 Å². The summed E-state index contributed by atoms with van der Waals surface area (Å²) in [6.45, 7) is 7.07. The number of carbonyl (C=O) groups is 2. The van der Waals surface area contributed by atoms with Crippen molar-refractivity contribution in [2.45, 2.75) is 39.8 Å². The molecule has 0 aromatic heterocycles. The third kappa shape index (κ3) is 4.93. The Morgan fingerprint density at radius 3 is 1.71 bits per heavy atom. The molecule has 0 radical (unpaired) electrons. The van der Waals surface area contributed by atoms with Gasteiger partial charge < -0.3 is 9.84 Å². The van der Waals surface area contributed by atoms with E-state index in [9.17, 15) is 9.59 Å². The number of aliphatic carboxylic acids is 1. The van der Waals surface area contributed by atoms with Crippen LogP contribution in [0.25, 0.3) is 0 Å². The van der Waals surface area contributed by atoms with Gasteiger partial charge in [-0.05, 0) is 11.8 Å². The molecule has 0 rings (SSSR count). The van der Waals surface area contributed by atoms with E-state index in [1.54, 1.807) is 27.7 Å². The van der Waals surface area contributed by atoms with E-state index in [1.165, 1.54) is 7.11 Å². The van der Waals surface area contributed by atoms with Crippen LogP contribution < -0.4 is 0 Å². The molecule has 2 unspecified atom stereocenters. The molecule has 0 fully saturated rings. The number of carboxylic acid groups (broad SMARTS) is 1. The number of carboxylic acids is 1. The number of esters is 1. The summed E-state index contributed by atoms with van der Waals surface area (Å²) in [5.41, 5.74) is 0. The molecule has 17 heavy (non-hydrogen) atoms. The molecule has 0 aliphatic carbocycles. The van der Waals surface area contributed by atoms with Gasteiger partial charge in [0.1, 0.15) is 0 Å². The molecule has 0 aromatic rings. The van der Waals surface area contributed by atoms with E-state index in [0.717, 1.165) is 0 Å². The molecule has 0 bridgehead atoms. The molecule has 6 heteroatoms. The highest BCUT2D eigenvalue weighted by atomic mass is 16.5. The molecule has 1 N–H and O–H groups in total. The van der Waals surface area contributed by atoms with Gasteiger partial charge in [0.25, 0.3) is 0 Å². The number of azo groups is 1. The van der Waals surface area contributed by atoms with Crippen molar-refractivity contribution in [1.82, 2.24) is 0 Å². The highest BCUT2D eigenvalue weighted by Crippen LogP contribution is 2.13. The fourth-order valence-corrected chi connectivity index (χ4v) is 1.18. The molecule has 0 aliphatic heterocycles. The van der Waals surface area contributed by atoms with Gasteiger partial charge in [-0.3, -0.25) is 0 Å². The predicted molar refractivity (Wildman–Crippen MR) is 61.8 cm³/mol. The normalized spacial score (nSPS) is 15.2. The molecule has 0 saturated heterocycles. The van der Waals surface area contributed by atoms with Crippen molar-refractivity contribution >= 4 is 11.9 Å². The number of hydrogen-bond donors (Lipinski definition) is 1. The zero-order valence-electron chi connectivity index (χ0n) is 10.9. The minimum absolute atomic E-state index is 0.0900. The average molecular weight is 244 g/mol. The summed E-state index contributed by atoms with van der Waals surface area (Å²) >= 11 is 0. The zero-order chi connectivity index (χ0) is 13.6. The summed E-state index contributed by atoms with van der Waals surface area (Å²) in [5.74, 6) is -1.82. The second-order valence-electron chi connectivity index (χ2n) is 4.47. The maximum atomic E-state index is 11.4. The Bertz CT molecular complexity index is 300. The molecule has 0 saturated carbocycles. The lowest BCUT2D eigenvalue weighted by molar-refractivity contribution is -0.144. The molecular formula is C11H20N2O4. The number of methoxy groups -OCH3 is 1. The SMILES string of the molecule is COC(=O)C(N=NC(C(=O)O)C(C)C)C(C)C. The van der Waals surface area contributed by atoms with E-state index in [1.807, 2.05) is 0 Å². The Kier molecular flexibility index (Phi) is 6.38. The molecular weight excluding hydrogens is 224 g/mol. The molecule has 6 nitrogen and oxygen atoms in total. The third-order valence-corrected chi connectivity index (χ3v) is 2.27. The van der Waals surface area contributed by atoms with Gasteiger partial charge in [0.15, 0.2) is 12.1 Å². The average Bonchev–Trinajstić information content (AvgIpc) is 2.21. The molecule has 0 aromatic carbocycles. The van der Waals surface area contributed by atoms with Crippen LogP contribution in [0, 0.1) is 11.8 Å². The lowest BCUT2D eigenvalue weighted by atomic mass is 10.1. The first kappa shape index (κ1) is 15.5. The van der Waals surface area contributed by atoms with Crippen molar-refractivity contribution < 1.29 is 19.4 Å². The first-order chi connectivity index (χ1) is 7.81. The van der Waals surface area contributed by atoms with E-state index < -0.39 is 24.0 Å². The Morgan fingerprint density at radius 2 is 1.41 bits per heavy atom. The summed E-state index contributed by atoms with van der Waals surface area (Å²) in [7, 11) is 1.27. The fourth-order valence-electron chi connectivity index (χ4n) is 1.18. The largest absolute Gasteiger partial charge is 0.480 e. The van der Waals surface area contributed by atoms with Crippen LogP contribution in [0.4, 0.5) is 0 Å². The molecule has 0 aliphatic rings. The van der Waals surface area contributed by atoms with E-state index in [-0.39, 0.29) is 11.8 Å². The van der Waals surface area contributed by atoms with Gasteiger partial charge in [-0.1, -0.05) is 27.7 Å². The quantitative estimate of drug-likeness (QED) is 0.569. The summed E-state index contributed by atoms with van der Waals surface area (Å²) in [6, 6.07) is -1.68. The van der Waals surface area contributed by atoms with E-state index in [0.29, 0.717) is 0 Å². The predicted octanol–water partition coefficient (Wildman–Crippen LogP) is 1.75. The topological polar surface area (TPSA) is 88.3 Å². The van der Waals surface area contributed by atoms with Gasteiger partial charge in [0, 0.05) is 0 Å². The Morgan fingerprint density at radius 1 is 1.00 bits per heavy atom. The number of ether oxygens (including phenoxy) is 1. The van der Waals surface area contributed by atoms with E-state index in [4.69, 9.17) is 5.11 Å². The standard InChI is InChI=1S/C11H20N2O4/c1-6(2)8(10(14)15)12-13-9(7(3)4)11(16)17-5/h6-9H,1-5H3,(H,14,15). The van der Waals surface area contributed by atoms with E-state index >= 15 is 0 Å². The second-order valence-corrected chi connectivity index (χ2v) is 4.47. The van der Waals surface area contributed by atoms with E-state index in [2.05, 4.69) is 15.0 Å². The van der Waals surface area contributed by atoms with Crippen molar-refractivity contribution in [1.29, 1.82) is 0 Å². The highest BCUT2D eigenvalue weighted by molar-refractivity contribution is 5.76. The number of nitrogens with zero attached hydrogens (tertiary/aromatic N) is 2. The maximum Gasteiger partial charge on any atom is 0.332 e. The minimum atomic E-state index is -1.05. The van der Waals surface area contributed by atoms with Crippen molar-refractivity contribution in [3.05, 3.63) is 0 Å². The molecule has 2 atom stereocenters. The van der Waals surface area contributed by atoms with Crippen LogP contribution in [0.3, 0.4) is 0 Å². The van der Waals surface area contributed by atoms with Crippen LogP contribution in [0.15, 0.2) is 10.2 Å². The van der Waals surface area contributed by atoms with Crippen molar-refractivity contribution in [2.24, 2.45) is 22.1 Å². The Labute approximate surface area is 101 Å². The lowest BCUT2D eigenvalue weighted by Crippen LogP contribution is -2.28. The van der Waals surface area contributed by atoms with Crippen LogP contribution in [0.1, 0.15) is 27.7 Å². The smallest absolute Gasteiger partial charge is 0.332 e. The summed E-state index contributed by atoms with van der Waals surface area (Å²) in [5, 5.41) is 16.5. The first-order valence-corrected chi connectivity index (χ1v) is 5.51. The summed E-state index contributed by atoms with van der Waals surface area (Å²) in [6.07, 6.45) is 0. The molecule has 0 heterocycles. The van der Waals surface area contributed by atoms with Gasteiger partial charge in [-0.25, -0.2) is 9.59 Å². The van der Waals surface area contributed by atoms with Crippen molar-refractivity contribution in [3.8, 4) is 0 Å². The van der Waals surface area contributed by atoms with Crippen LogP contribution in [0.5, 0.6) is 0 Å². The van der Waals surface area contributed by atoms with Crippen molar-refractivity contribution in [2.75, 3.05) is 7.11 Å². The third-order valence-electron chi connectivity index (χ3n) is 2.27. The van der Waals surface area contributed by atoms with Crippen LogP contribution in [-0.2, 0) is 14.3 Å². The van der Waals surface area contributed by atoms with Gasteiger partial charge in [-0.15, -0.1) is 0 Å². The number of rotatable bonds is 6. The fraction of sp³-hybridized carbons (Fsp3) is 0.818. The van der Waals surface area contributed by atoms with Crippen molar-refractivity contribution in [3.63, 3.8) is 0 Å². The minimum Gasteiger partial charge on any atom is -0.480 e. The number of carbonyl (C=O) groups excluding carboxylic acids is 1. The lowest BCUT2D eigenvalue weighted by Gasteiger charge is -2.14. The van der Waals surface area contributed by atoms with Gasteiger partial charge in [-0.2, -0.15) is 10.2 Å². The van der Waals surface area contributed by atoms with Gasteiger partial charge in [0.2, 0.25) is 0 Å². The van der Waals surface area contributed by atoms with Crippen LogP contribution >= 0.6 is 0 Å². The first-order valence-electron chi connectivity index (χ1n) is 5.51.